The largest absolute Gasteiger partial charge is 0.338 e. The molecule has 2 amide bonds. The molecule has 0 aliphatic carbocycles. The molecule has 9 heteroatoms. The number of carbonyl (C=O) groups is 2. The van der Waals surface area contributed by atoms with E-state index in [-0.39, 0.29) is 17.7 Å². The molecule has 1 aliphatic rings. The third kappa shape index (κ3) is 4.35. The second-order valence-electron chi connectivity index (χ2n) is 6.70. The summed E-state index contributed by atoms with van der Waals surface area (Å²) in [7, 11) is 0. The van der Waals surface area contributed by atoms with Crippen molar-refractivity contribution >= 4 is 39.6 Å². The molecular weight excluding hydrogens is 416 g/mol. The van der Waals surface area contributed by atoms with Crippen LogP contribution < -0.4 is 5.32 Å². The van der Waals surface area contributed by atoms with Gasteiger partial charge in [0.05, 0.1) is 10.6 Å². The molecule has 1 N–H and O–H groups in total. The Labute approximate surface area is 174 Å². The van der Waals surface area contributed by atoms with Gasteiger partial charge in [0.2, 0.25) is 5.91 Å². The number of thiophene rings is 1. The van der Waals surface area contributed by atoms with Gasteiger partial charge in [0.1, 0.15) is 0 Å². The van der Waals surface area contributed by atoms with Crippen molar-refractivity contribution in [1.82, 2.24) is 9.88 Å². The highest BCUT2D eigenvalue weighted by molar-refractivity contribution is 7.14. The van der Waals surface area contributed by atoms with E-state index in [1.54, 1.807) is 16.3 Å². The second kappa shape index (κ2) is 8.38. The average Bonchev–Trinajstić information content (AvgIpc) is 3.42. The van der Waals surface area contributed by atoms with Crippen LogP contribution in [0.3, 0.4) is 0 Å². The van der Waals surface area contributed by atoms with Gasteiger partial charge in [-0.15, -0.1) is 22.7 Å². The minimum atomic E-state index is -0.940. The zero-order valence-corrected chi connectivity index (χ0v) is 16.9. The number of likely N-dealkylation sites (tertiary alicyclic amines) is 1. The summed E-state index contributed by atoms with van der Waals surface area (Å²) < 4.78 is 26.5. The number of hydrogen-bond acceptors (Lipinski definition) is 5. The van der Waals surface area contributed by atoms with Crippen LogP contribution in [-0.2, 0) is 4.79 Å². The van der Waals surface area contributed by atoms with Gasteiger partial charge in [0, 0.05) is 30.0 Å². The third-order valence-electron chi connectivity index (χ3n) is 4.83. The number of halogens is 2. The number of nitrogens with one attached hydrogen (secondary N) is 1. The minimum Gasteiger partial charge on any atom is -0.338 e. The van der Waals surface area contributed by atoms with E-state index in [0.29, 0.717) is 47.2 Å². The van der Waals surface area contributed by atoms with Crippen LogP contribution in [0.25, 0.3) is 11.3 Å². The Bertz CT molecular complexity index is 1030. The van der Waals surface area contributed by atoms with Crippen molar-refractivity contribution in [3.63, 3.8) is 0 Å². The zero-order chi connectivity index (χ0) is 20.4. The molecule has 0 radical (unpaired) electrons. The summed E-state index contributed by atoms with van der Waals surface area (Å²) in [6, 6.07) is 7.22. The quantitative estimate of drug-likeness (QED) is 0.652. The van der Waals surface area contributed by atoms with E-state index in [1.165, 1.54) is 28.7 Å². The third-order valence-corrected chi connectivity index (χ3v) is 6.45. The number of piperidine rings is 1. The Kier molecular flexibility index (Phi) is 5.68. The molecule has 0 saturated carbocycles. The van der Waals surface area contributed by atoms with Crippen molar-refractivity contribution in [1.29, 1.82) is 0 Å². The summed E-state index contributed by atoms with van der Waals surface area (Å²) in [6.45, 7) is 1.07. The lowest BCUT2D eigenvalue weighted by Gasteiger charge is -2.30. The van der Waals surface area contributed by atoms with Crippen LogP contribution in [0.4, 0.5) is 13.9 Å². The Hall–Kier alpha value is -2.65. The number of rotatable bonds is 4. The zero-order valence-electron chi connectivity index (χ0n) is 15.2. The summed E-state index contributed by atoms with van der Waals surface area (Å²) in [6.07, 6.45) is 1.18. The predicted molar refractivity (Wildman–Crippen MR) is 109 cm³/mol. The number of thiazole rings is 1. The van der Waals surface area contributed by atoms with Crippen LogP contribution in [0.5, 0.6) is 0 Å². The maximum atomic E-state index is 13.4. The Morgan fingerprint density at radius 2 is 1.90 bits per heavy atom. The smallest absolute Gasteiger partial charge is 0.263 e. The fourth-order valence-corrected chi connectivity index (χ4v) is 4.64. The molecule has 1 fully saturated rings. The lowest BCUT2D eigenvalue weighted by molar-refractivity contribution is -0.121. The van der Waals surface area contributed by atoms with Crippen molar-refractivity contribution < 1.29 is 18.4 Å². The molecule has 1 aliphatic heterocycles. The van der Waals surface area contributed by atoms with Crippen LogP contribution in [0, 0.1) is 17.6 Å². The molecule has 5 nitrogen and oxygen atoms in total. The predicted octanol–water partition coefficient (Wildman–Crippen LogP) is 4.64. The van der Waals surface area contributed by atoms with Gasteiger partial charge in [-0.2, -0.15) is 0 Å². The number of carbonyl (C=O) groups excluding carboxylic acids is 2. The first kappa shape index (κ1) is 19.7. The van der Waals surface area contributed by atoms with E-state index in [9.17, 15) is 18.4 Å². The maximum absolute atomic E-state index is 13.4. The molecule has 0 unspecified atom stereocenters. The van der Waals surface area contributed by atoms with E-state index >= 15 is 0 Å². The fraction of sp³-hybridized carbons (Fsp3) is 0.250. The second-order valence-corrected chi connectivity index (χ2v) is 8.51. The standard InChI is InChI=1S/C20H17F2N3O2S2/c21-14-4-3-13(10-15(14)22)16-11-29-20(23-16)24-18(26)12-5-7-25(8-6-12)19(27)17-2-1-9-28-17/h1-4,9-12H,5-8H2,(H,23,24,26). The molecule has 0 spiro atoms. The Balaban J connectivity index is 1.34. The summed E-state index contributed by atoms with van der Waals surface area (Å²) in [5.41, 5.74) is 0.918. The van der Waals surface area contributed by atoms with Crippen LogP contribution in [0.1, 0.15) is 22.5 Å². The molecule has 2 aromatic heterocycles. The van der Waals surface area contributed by atoms with Gasteiger partial charge in [0.15, 0.2) is 16.8 Å². The first-order valence-corrected chi connectivity index (χ1v) is 10.8. The number of hydrogen-bond donors (Lipinski definition) is 1. The molecule has 3 heterocycles. The summed E-state index contributed by atoms with van der Waals surface area (Å²) in [5.74, 6) is -2.18. The highest BCUT2D eigenvalue weighted by atomic mass is 32.1. The summed E-state index contributed by atoms with van der Waals surface area (Å²) in [5, 5.41) is 6.76. The van der Waals surface area contributed by atoms with Gasteiger partial charge in [0.25, 0.3) is 5.91 Å². The van der Waals surface area contributed by atoms with E-state index in [0.717, 1.165) is 12.1 Å². The highest BCUT2D eigenvalue weighted by Gasteiger charge is 2.28. The van der Waals surface area contributed by atoms with Crippen LogP contribution >= 0.6 is 22.7 Å². The number of benzene rings is 1. The molecule has 29 heavy (non-hydrogen) atoms. The van der Waals surface area contributed by atoms with Crippen LogP contribution in [-0.4, -0.2) is 34.8 Å². The van der Waals surface area contributed by atoms with E-state index in [1.807, 2.05) is 11.4 Å². The van der Waals surface area contributed by atoms with Crippen molar-refractivity contribution in [2.24, 2.45) is 5.92 Å². The van der Waals surface area contributed by atoms with Gasteiger partial charge in [-0.1, -0.05) is 6.07 Å². The first-order valence-electron chi connectivity index (χ1n) is 9.06. The van der Waals surface area contributed by atoms with Gasteiger partial charge in [-0.3, -0.25) is 9.59 Å². The molecular formula is C20H17F2N3O2S2. The Morgan fingerprint density at radius 3 is 2.59 bits per heavy atom. The molecule has 0 bridgehead atoms. The SMILES string of the molecule is O=C(Nc1nc(-c2ccc(F)c(F)c2)cs1)C1CCN(C(=O)c2cccs2)CC1. The normalized spacial score (nSPS) is 14.8. The van der Waals surface area contributed by atoms with Gasteiger partial charge in [-0.05, 0) is 42.5 Å². The van der Waals surface area contributed by atoms with Gasteiger partial charge in [-0.25, -0.2) is 13.8 Å². The lowest BCUT2D eigenvalue weighted by atomic mass is 9.96. The first-order chi connectivity index (χ1) is 14.0. The van der Waals surface area contributed by atoms with Crippen molar-refractivity contribution in [3.8, 4) is 11.3 Å². The van der Waals surface area contributed by atoms with E-state index in [4.69, 9.17) is 0 Å². The van der Waals surface area contributed by atoms with Gasteiger partial charge < -0.3 is 10.2 Å². The van der Waals surface area contributed by atoms with Crippen molar-refractivity contribution in [2.75, 3.05) is 18.4 Å². The monoisotopic (exact) mass is 433 g/mol. The molecule has 4 rings (SSSR count). The van der Waals surface area contributed by atoms with Crippen LogP contribution in [0.15, 0.2) is 41.1 Å². The minimum absolute atomic E-state index is 0.00922. The maximum Gasteiger partial charge on any atom is 0.263 e. The Morgan fingerprint density at radius 1 is 1.10 bits per heavy atom. The average molecular weight is 434 g/mol. The molecule has 0 atom stereocenters. The highest BCUT2D eigenvalue weighted by Crippen LogP contribution is 2.27. The number of anilines is 1. The number of amides is 2. The molecule has 150 valence electrons. The lowest BCUT2D eigenvalue weighted by Crippen LogP contribution is -2.41. The molecule has 1 aromatic carbocycles. The van der Waals surface area contributed by atoms with E-state index in [2.05, 4.69) is 10.3 Å². The summed E-state index contributed by atoms with van der Waals surface area (Å²) >= 11 is 2.64. The van der Waals surface area contributed by atoms with E-state index < -0.39 is 11.6 Å². The van der Waals surface area contributed by atoms with Crippen LogP contribution in [0.2, 0.25) is 0 Å². The number of aromatic nitrogens is 1. The molecule has 1 saturated heterocycles. The van der Waals surface area contributed by atoms with Crippen molar-refractivity contribution in [3.05, 3.63) is 57.6 Å². The number of nitrogens with zero attached hydrogens (tertiary/aromatic N) is 2. The summed E-state index contributed by atoms with van der Waals surface area (Å²) in [4.78, 5) is 31.7. The fourth-order valence-electron chi connectivity index (χ4n) is 3.23. The van der Waals surface area contributed by atoms with Gasteiger partial charge >= 0.3 is 0 Å². The molecule has 3 aromatic rings. The topological polar surface area (TPSA) is 62.3 Å². The van der Waals surface area contributed by atoms with Crippen molar-refractivity contribution in [2.45, 2.75) is 12.8 Å².